The van der Waals surface area contributed by atoms with E-state index >= 15 is 0 Å². The minimum atomic E-state index is -0.664. The molecule has 1 aliphatic rings. The number of aliphatic hydroxyl groups excluding tert-OH is 1. The van der Waals surface area contributed by atoms with Crippen molar-refractivity contribution in [3.05, 3.63) is 29.8 Å². The van der Waals surface area contributed by atoms with Gasteiger partial charge in [0.15, 0.2) is 0 Å². The van der Waals surface area contributed by atoms with Crippen LogP contribution in [-0.2, 0) is 4.79 Å². The number of aliphatic hydroxyl groups is 1. The van der Waals surface area contributed by atoms with E-state index in [0.29, 0.717) is 18.9 Å². The Morgan fingerprint density at radius 1 is 1.45 bits per heavy atom. The molecule has 1 amide bonds. The molecule has 1 heterocycles. The fourth-order valence-electron chi connectivity index (χ4n) is 2.53. The zero-order chi connectivity index (χ0) is 14.5. The molecule has 1 N–H and O–H groups in total. The average Bonchev–Trinajstić information content (AvgIpc) is 2.62. The molecule has 1 aromatic carbocycles. The summed E-state index contributed by atoms with van der Waals surface area (Å²) in [5, 5.41) is 10.3. The highest BCUT2D eigenvalue weighted by atomic mass is 16.5. The molecule has 2 atom stereocenters. The van der Waals surface area contributed by atoms with Crippen molar-refractivity contribution in [1.29, 1.82) is 0 Å². The molecule has 4 nitrogen and oxygen atoms in total. The lowest BCUT2D eigenvalue weighted by Gasteiger charge is -2.24. The van der Waals surface area contributed by atoms with E-state index in [1.807, 2.05) is 24.3 Å². The predicted molar refractivity (Wildman–Crippen MR) is 77.5 cm³/mol. The molecule has 1 saturated heterocycles. The number of β-amino-alcohol motifs (C(OH)–C–C–N with tert-alkyl or cyclic N) is 1. The van der Waals surface area contributed by atoms with Crippen molar-refractivity contribution >= 4 is 5.91 Å². The van der Waals surface area contributed by atoms with E-state index in [-0.39, 0.29) is 5.91 Å². The summed E-state index contributed by atoms with van der Waals surface area (Å²) in [6.07, 6.45) is 1.88. The molecule has 0 spiro atoms. The second-order valence-corrected chi connectivity index (χ2v) is 5.56. The van der Waals surface area contributed by atoms with Gasteiger partial charge >= 0.3 is 0 Å². The van der Waals surface area contributed by atoms with Gasteiger partial charge in [-0.05, 0) is 36.5 Å². The maximum Gasteiger partial charge on any atom is 0.222 e. The Kier molecular flexibility index (Phi) is 5.01. The zero-order valence-corrected chi connectivity index (χ0v) is 12.2. The number of nitrogens with zero attached hydrogens (tertiary/aromatic N) is 1. The van der Waals surface area contributed by atoms with E-state index in [2.05, 4.69) is 6.92 Å². The summed E-state index contributed by atoms with van der Waals surface area (Å²) < 4.78 is 5.16. The van der Waals surface area contributed by atoms with Gasteiger partial charge in [0.05, 0.1) is 19.8 Å². The number of carbonyl (C=O) groups excluding carboxylic acids is 1. The number of hydrogen-bond acceptors (Lipinski definition) is 3. The van der Waals surface area contributed by atoms with E-state index in [1.165, 1.54) is 0 Å². The topological polar surface area (TPSA) is 49.8 Å². The molecule has 20 heavy (non-hydrogen) atoms. The third-order valence-electron chi connectivity index (χ3n) is 3.97. The summed E-state index contributed by atoms with van der Waals surface area (Å²) in [5.41, 5.74) is 0.787. The van der Waals surface area contributed by atoms with E-state index in [0.717, 1.165) is 30.7 Å². The fourth-order valence-corrected chi connectivity index (χ4v) is 2.53. The van der Waals surface area contributed by atoms with Crippen molar-refractivity contribution in [1.82, 2.24) is 4.90 Å². The van der Waals surface area contributed by atoms with Crippen LogP contribution in [0.1, 0.15) is 37.9 Å². The molecule has 1 fully saturated rings. The Hall–Kier alpha value is -1.55. The van der Waals surface area contributed by atoms with Crippen LogP contribution in [-0.4, -0.2) is 36.1 Å². The van der Waals surface area contributed by atoms with Gasteiger partial charge in [0.25, 0.3) is 0 Å². The molecule has 0 aliphatic carbocycles. The lowest BCUT2D eigenvalue weighted by Crippen LogP contribution is -2.34. The third kappa shape index (κ3) is 3.73. The molecule has 2 rings (SSSR count). The van der Waals surface area contributed by atoms with Gasteiger partial charge in [-0.3, -0.25) is 4.79 Å². The first-order valence-electron chi connectivity index (χ1n) is 7.20. The number of hydrogen-bond donors (Lipinski definition) is 1. The molecule has 0 bridgehead atoms. The van der Waals surface area contributed by atoms with Crippen LogP contribution in [0, 0.1) is 5.92 Å². The Labute approximate surface area is 120 Å². The van der Waals surface area contributed by atoms with Crippen molar-refractivity contribution in [3.8, 4) is 5.75 Å². The van der Waals surface area contributed by atoms with Crippen molar-refractivity contribution in [3.63, 3.8) is 0 Å². The monoisotopic (exact) mass is 277 g/mol. The van der Waals surface area contributed by atoms with Crippen molar-refractivity contribution in [2.75, 3.05) is 20.2 Å². The minimum Gasteiger partial charge on any atom is -0.497 e. The van der Waals surface area contributed by atoms with Crippen LogP contribution in [0.15, 0.2) is 24.3 Å². The Balaban J connectivity index is 2.02. The summed E-state index contributed by atoms with van der Waals surface area (Å²) in [5.74, 6) is 1.45. The number of methoxy groups -OCH3 is 1. The van der Waals surface area contributed by atoms with E-state index in [1.54, 1.807) is 12.0 Å². The molecule has 2 unspecified atom stereocenters. The minimum absolute atomic E-state index is 0.149. The number of carbonyl (C=O) groups is 1. The van der Waals surface area contributed by atoms with Crippen LogP contribution in [0.3, 0.4) is 0 Å². The van der Waals surface area contributed by atoms with Gasteiger partial charge < -0.3 is 14.7 Å². The molecule has 110 valence electrons. The normalized spacial score (nSPS) is 21.4. The maximum atomic E-state index is 12.0. The Morgan fingerprint density at radius 3 is 3.00 bits per heavy atom. The third-order valence-corrected chi connectivity index (χ3v) is 3.97. The first-order valence-corrected chi connectivity index (χ1v) is 7.20. The number of rotatable bonds is 4. The molecule has 0 saturated carbocycles. The lowest BCUT2D eigenvalue weighted by atomic mass is 10.0. The number of likely N-dealkylation sites (tertiary alicyclic amines) is 1. The molecular weight excluding hydrogens is 254 g/mol. The first-order chi connectivity index (χ1) is 9.60. The van der Waals surface area contributed by atoms with Gasteiger partial charge in [-0.25, -0.2) is 0 Å². The summed E-state index contributed by atoms with van der Waals surface area (Å²) in [7, 11) is 1.60. The molecule has 1 aromatic rings. The number of amides is 1. The second kappa shape index (κ2) is 6.75. The van der Waals surface area contributed by atoms with Crippen molar-refractivity contribution in [2.24, 2.45) is 5.92 Å². The Morgan fingerprint density at radius 2 is 2.25 bits per heavy atom. The second-order valence-electron chi connectivity index (χ2n) is 5.56. The number of benzene rings is 1. The van der Waals surface area contributed by atoms with Crippen molar-refractivity contribution in [2.45, 2.75) is 32.3 Å². The highest BCUT2D eigenvalue weighted by molar-refractivity contribution is 5.76. The number of ether oxygens (including phenoxy) is 1. The maximum absolute atomic E-state index is 12.0. The molecule has 4 heteroatoms. The van der Waals surface area contributed by atoms with Crippen LogP contribution in [0.4, 0.5) is 0 Å². The average molecular weight is 277 g/mol. The highest BCUT2D eigenvalue weighted by Crippen LogP contribution is 2.23. The first kappa shape index (κ1) is 14.9. The van der Waals surface area contributed by atoms with Gasteiger partial charge in [-0.1, -0.05) is 19.1 Å². The summed E-state index contributed by atoms with van der Waals surface area (Å²) in [4.78, 5) is 13.8. The summed E-state index contributed by atoms with van der Waals surface area (Å²) in [6, 6.07) is 7.37. The van der Waals surface area contributed by atoms with Crippen LogP contribution in [0.2, 0.25) is 0 Å². The standard InChI is InChI=1S/C16H23NO3/c1-12-6-7-16(19)17(9-8-12)11-15(18)13-4-3-5-14(10-13)20-2/h3-5,10,12,15,18H,6-9,11H2,1-2H3. The smallest absolute Gasteiger partial charge is 0.222 e. The van der Waals surface area contributed by atoms with Crippen LogP contribution in [0.5, 0.6) is 5.75 Å². The van der Waals surface area contributed by atoms with E-state index in [4.69, 9.17) is 4.74 Å². The van der Waals surface area contributed by atoms with Crippen LogP contribution in [0.25, 0.3) is 0 Å². The Bertz CT molecular complexity index is 461. The largest absolute Gasteiger partial charge is 0.497 e. The quantitative estimate of drug-likeness (QED) is 0.919. The summed E-state index contributed by atoms with van der Waals surface area (Å²) >= 11 is 0. The van der Waals surface area contributed by atoms with Crippen LogP contribution < -0.4 is 4.74 Å². The van der Waals surface area contributed by atoms with Crippen LogP contribution >= 0.6 is 0 Å². The SMILES string of the molecule is COc1cccc(C(O)CN2CCC(C)CCC2=O)c1. The van der Waals surface area contributed by atoms with Gasteiger partial charge in [0, 0.05) is 13.0 Å². The van der Waals surface area contributed by atoms with Gasteiger partial charge in [-0.2, -0.15) is 0 Å². The molecular formula is C16H23NO3. The lowest BCUT2D eigenvalue weighted by molar-refractivity contribution is -0.132. The van der Waals surface area contributed by atoms with Gasteiger partial charge in [0.1, 0.15) is 5.75 Å². The molecule has 0 radical (unpaired) electrons. The van der Waals surface area contributed by atoms with E-state index < -0.39 is 6.10 Å². The zero-order valence-electron chi connectivity index (χ0n) is 12.2. The van der Waals surface area contributed by atoms with Crippen molar-refractivity contribution < 1.29 is 14.6 Å². The van der Waals surface area contributed by atoms with Gasteiger partial charge in [0.2, 0.25) is 5.91 Å². The predicted octanol–water partition coefficient (Wildman–Crippen LogP) is 2.38. The molecule has 0 aromatic heterocycles. The van der Waals surface area contributed by atoms with Gasteiger partial charge in [-0.15, -0.1) is 0 Å². The highest BCUT2D eigenvalue weighted by Gasteiger charge is 2.22. The van der Waals surface area contributed by atoms with E-state index in [9.17, 15) is 9.90 Å². The fraction of sp³-hybridized carbons (Fsp3) is 0.562. The molecule has 1 aliphatic heterocycles. The summed E-state index contributed by atoms with van der Waals surface area (Å²) in [6.45, 7) is 3.27.